The molecule has 24 heavy (non-hydrogen) atoms. The second kappa shape index (κ2) is 8.21. The van der Waals surface area contributed by atoms with E-state index in [0.29, 0.717) is 21.2 Å². The average Bonchev–Trinajstić information content (AvgIpc) is 2.98. The number of hydrogen-bond acceptors (Lipinski definition) is 4. The van der Waals surface area contributed by atoms with Crippen molar-refractivity contribution in [1.82, 2.24) is 4.90 Å². The van der Waals surface area contributed by atoms with Crippen molar-refractivity contribution in [2.75, 3.05) is 25.5 Å². The van der Waals surface area contributed by atoms with Crippen molar-refractivity contribution >= 4 is 39.6 Å². The number of esters is 1. The summed E-state index contributed by atoms with van der Waals surface area (Å²) >= 11 is 6.70. The number of nitrogens with zero attached hydrogens (tertiary/aromatic N) is 1. The number of carbonyl (C=O) groups excluding carboxylic acids is 1. The molecule has 7 heteroatoms. The zero-order valence-corrected chi connectivity index (χ0v) is 15.4. The van der Waals surface area contributed by atoms with Crippen LogP contribution in [0.25, 0.3) is 11.1 Å². The molecular formula is C17H19FN2O2S2. The summed E-state index contributed by atoms with van der Waals surface area (Å²) in [4.78, 5) is 14.3. The molecule has 4 nitrogen and oxygen atoms in total. The number of benzene rings is 1. The minimum absolute atomic E-state index is 0.274. The number of thiocarbonyl (C=S) groups is 1. The molecule has 0 fully saturated rings. The van der Waals surface area contributed by atoms with Crippen molar-refractivity contribution in [2.24, 2.45) is 0 Å². The fourth-order valence-corrected chi connectivity index (χ4v) is 3.29. The highest BCUT2D eigenvalue weighted by atomic mass is 32.1. The van der Waals surface area contributed by atoms with E-state index < -0.39 is 5.97 Å². The summed E-state index contributed by atoms with van der Waals surface area (Å²) in [5.41, 5.74) is 1.86. The zero-order chi connectivity index (χ0) is 17.7. The van der Waals surface area contributed by atoms with Gasteiger partial charge in [0.2, 0.25) is 0 Å². The largest absolute Gasteiger partial charge is 0.462 e. The lowest BCUT2D eigenvalue weighted by Gasteiger charge is -2.18. The molecule has 0 unspecified atom stereocenters. The molecule has 0 bridgehead atoms. The van der Waals surface area contributed by atoms with Crippen LogP contribution in [0.2, 0.25) is 0 Å². The molecule has 0 saturated carbocycles. The molecule has 0 spiro atoms. The number of thiophene rings is 1. The Morgan fingerprint density at radius 2 is 2.00 bits per heavy atom. The van der Waals surface area contributed by atoms with Crippen LogP contribution in [-0.2, 0) is 4.74 Å². The van der Waals surface area contributed by atoms with Gasteiger partial charge < -0.3 is 15.0 Å². The molecule has 1 aromatic heterocycles. The number of hydrogen-bond donors (Lipinski definition) is 1. The summed E-state index contributed by atoms with van der Waals surface area (Å²) in [5.74, 6) is -0.752. The first-order valence-electron chi connectivity index (χ1n) is 7.54. The number of nitrogens with one attached hydrogen (secondary N) is 1. The van der Waals surface area contributed by atoms with Crippen molar-refractivity contribution in [3.8, 4) is 11.1 Å². The van der Waals surface area contributed by atoms with Gasteiger partial charge in [0, 0.05) is 24.5 Å². The predicted molar refractivity (Wildman–Crippen MR) is 100 cm³/mol. The van der Waals surface area contributed by atoms with Crippen LogP contribution in [0.4, 0.5) is 9.39 Å². The van der Waals surface area contributed by atoms with Crippen molar-refractivity contribution in [1.29, 1.82) is 0 Å². The fourth-order valence-electron chi connectivity index (χ4n) is 2.03. The van der Waals surface area contributed by atoms with Crippen molar-refractivity contribution in [2.45, 2.75) is 13.8 Å². The van der Waals surface area contributed by atoms with Crippen LogP contribution in [0.5, 0.6) is 0 Å². The van der Waals surface area contributed by atoms with Gasteiger partial charge in [0.1, 0.15) is 16.4 Å². The number of rotatable bonds is 5. The maximum absolute atomic E-state index is 13.2. The van der Waals surface area contributed by atoms with E-state index in [2.05, 4.69) is 5.32 Å². The molecule has 2 aromatic rings. The van der Waals surface area contributed by atoms with Crippen molar-refractivity contribution in [3.05, 3.63) is 41.0 Å². The van der Waals surface area contributed by atoms with Crippen LogP contribution in [0.3, 0.4) is 0 Å². The Morgan fingerprint density at radius 3 is 2.58 bits per heavy atom. The van der Waals surface area contributed by atoms with Crippen LogP contribution in [0.1, 0.15) is 24.2 Å². The molecule has 2 rings (SSSR count). The number of carbonyl (C=O) groups is 1. The molecule has 0 amide bonds. The maximum atomic E-state index is 13.2. The molecule has 0 saturated heterocycles. The van der Waals surface area contributed by atoms with Gasteiger partial charge in [0.25, 0.3) is 0 Å². The summed E-state index contributed by atoms with van der Waals surface area (Å²) < 4.78 is 18.3. The Hall–Kier alpha value is -1.99. The molecule has 0 radical (unpaired) electrons. The Bertz CT molecular complexity index is 729. The quantitative estimate of drug-likeness (QED) is 0.628. The summed E-state index contributed by atoms with van der Waals surface area (Å²) in [6.45, 7) is 4.76. The molecule has 1 aromatic carbocycles. The van der Waals surface area contributed by atoms with Gasteiger partial charge >= 0.3 is 5.97 Å². The Morgan fingerprint density at radius 1 is 1.33 bits per heavy atom. The van der Waals surface area contributed by atoms with Crippen molar-refractivity contribution < 1.29 is 13.9 Å². The van der Waals surface area contributed by atoms with E-state index in [0.717, 1.165) is 12.1 Å². The van der Waals surface area contributed by atoms with Crippen LogP contribution < -0.4 is 5.32 Å². The van der Waals surface area contributed by atoms with Gasteiger partial charge in [0.15, 0.2) is 5.11 Å². The zero-order valence-electron chi connectivity index (χ0n) is 13.8. The van der Waals surface area contributed by atoms with Gasteiger partial charge in [-0.15, -0.1) is 11.3 Å². The Kier molecular flexibility index (Phi) is 6.28. The molecule has 0 aliphatic heterocycles. The highest BCUT2D eigenvalue weighted by Gasteiger charge is 2.22. The van der Waals surface area contributed by atoms with Gasteiger partial charge in [-0.05, 0) is 43.8 Å². The molecule has 1 N–H and O–H groups in total. The maximum Gasteiger partial charge on any atom is 0.341 e. The average molecular weight is 366 g/mol. The predicted octanol–water partition coefficient (Wildman–Crippen LogP) is 4.38. The number of halogens is 1. The van der Waals surface area contributed by atoms with E-state index >= 15 is 0 Å². The summed E-state index contributed by atoms with van der Waals surface area (Å²) in [7, 11) is 1.87. The highest BCUT2D eigenvalue weighted by Crippen LogP contribution is 2.36. The summed E-state index contributed by atoms with van der Waals surface area (Å²) in [6, 6.07) is 6.01. The third-order valence-corrected chi connectivity index (χ3v) is 4.78. The summed E-state index contributed by atoms with van der Waals surface area (Å²) in [6.07, 6.45) is 0. The van der Waals surface area contributed by atoms with E-state index in [1.807, 2.05) is 24.3 Å². The second-order valence-electron chi connectivity index (χ2n) is 5.03. The van der Waals surface area contributed by atoms with Crippen LogP contribution in [-0.4, -0.2) is 36.2 Å². The smallest absolute Gasteiger partial charge is 0.341 e. The van der Waals surface area contributed by atoms with Gasteiger partial charge in [0.05, 0.1) is 6.61 Å². The van der Waals surface area contributed by atoms with E-state index in [9.17, 15) is 9.18 Å². The fraction of sp³-hybridized carbons (Fsp3) is 0.294. The van der Waals surface area contributed by atoms with Gasteiger partial charge in [-0.2, -0.15) is 0 Å². The normalized spacial score (nSPS) is 10.3. The van der Waals surface area contributed by atoms with Gasteiger partial charge in [-0.1, -0.05) is 12.1 Å². The first-order valence-corrected chi connectivity index (χ1v) is 8.83. The minimum atomic E-state index is -0.428. The summed E-state index contributed by atoms with van der Waals surface area (Å²) in [5, 5.41) is 6.09. The van der Waals surface area contributed by atoms with Crippen LogP contribution >= 0.6 is 23.6 Å². The lowest BCUT2D eigenvalue weighted by atomic mass is 10.0. The molecule has 128 valence electrons. The van der Waals surface area contributed by atoms with E-state index in [1.54, 1.807) is 19.1 Å². The molecule has 0 aliphatic rings. The van der Waals surface area contributed by atoms with Crippen molar-refractivity contribution in [3.63, 3.8) is 0 Å². The molecular weight excluding hydrogens is 347 g/mol. The topological polar surface area (TPSA) is 41.6 Å². The Balaban J connectivity index is 2.43. The number of anilines is 1. The van der Waals surface area contributed by atoms with E-state index in [4.69, 9.17) is 17.0 Å². The van der Waals surface area contributed by atoms with Crippen LogP contribution in [0.15, 0.2) is 29.6 Å². The lowest BCUT2D eigenvalue weighted by Crippen LogP contribution is -2.30. The number of ether oxygens (including phenoxy) is 1. The van der Waals surface area contributed by atoms with E-state index in [1.165, 1.54) is 23.5 Å². The minimum Gasteiger partial charge on any atom is -0.462 e. The first-order chi connectivity index (χ1) is 11.5. The molecule has 1 heterocycles. The lowest BCUT2D eigenvalue weighted by molar-refractivity contribution is 0.0529. The third kappa shape index (κ3) is 4.10. The van der Waals surface area contributed by atoms with Gasteiger partial charge in [-0.3, -0.25) is 0 Å². The van der Waals surface area contributed by atoms with Gasteiger partial charge in [-0.25, -0.2) is 9.18 Å². The SMILES string of the molecule is CCOC(=O)c1c(-c2ccc(F)cc2)csc1NC(=S)N(C)CC. The third-order valence-electron chi connectivity index (χ3n) is 3.47. The van der Waals surface area contributed by atoms with Crippen LogP contribution in [0, 0.1) is 5.82 Å². The standard InChI is InChI=1S/C17H19FN2O2S2/c1-4-20(3)17(23)19-15-14(16(21)22-5-2)13(10-24-15)11-6-8-12(18)9-7-11/h6-10H,4-5H2,1-3H3,(H,19,23). The Labute approximate surface area is 150 Å². The monoisotopic (exact) mass is 366 g/mol. The van der Waals surface area contributed by atoms with E-state index in [-0.39, 0.29) is 12.4 Å². The second-order valence-corrected chi connectivity index (χ2v) is 6.29. The highest BCUT2D eigenvalue weighted by molar-refractivity contribution is 7.80. The first kappa shape index (κ1) is 18.4. The molecule has 0 atom stereocenters. The molecule has 0 aliphatic carbocycles.